The van der Waals surface area contributed by atoms with Crippen LogP contribution in [0, 0.1) is 0 Å². The van der Waals surface area contributed by atoms with E-state index in [1.807, 2.05) is 6.07 Å². The Morgan fingerprint density at radius 1 is 1.33 bits per heavy atom. The molecule has 2 aromatic rings. The van der Waals surface area contributed by atoms with Gasteiger partial charge in [-0.15, -0.1) is 0 Å². The maximum absolute atomic E-state index is 11.4. The van der Waals surface area contributed by atoms with Gasteiger partial charge in [-0.3, -0.25) is 4.79 Å². The first kappa shape index (κ1) is 14.7. The number of hydrogen-bond acceptors (Lipinski definition) is 5. The van der Waals surface area contributed by atoms with Gasteiger partial charge in [0.25, 0.3) is 5.95 Å². The minimum Gasteiger partial charge on any atom is -0.337 e. The van der Waals surface area contributed by atoms with Gasteiger partial charge < -0.3 is 10.6 Å². The quantitative estimate of drug-likeness (QED) is 0.656. The number of nitrogens with one attached hydrogen (secondary N) is 2. The number of aromatic nitrogens is 2. The molecule has 0 saturated heterocycles. The fourth-order valence-corrected chi connectivity index (χ4v) is 1.67. The number of nitrogens with zero attached hydrogens (tertiary/aromatic N) is 3. The van der Waals surface area contributed by atoms with E-state index in [9.17, 15) is 4.79 Å². The van der Waals surface area contributed by atoms with Crippen molar-refractivity contribution in [1.82, 2.24) is 9.97 Å². The lowest BCUT2D eigenvalue weighted by molar-refractivity contribution is -0.111. The zero-order valence-electron chi connectivity index (χ0n) is 11.0. The summed E-state index contributed by atoms with van der Waals surface area (Å²) in [5, 5.41) is 6.04. The third-order valence-electron chi connectivity index (χ3n) is 2.50. The summed E-state index contributed by atoms with van der Waals surface area (Å²) in [5.41, 5.74) is 1.20. The maximum atomic E-state index is 11.4. The van der Waals surface area contributed by atoms with Gasteiger partial charge in [0.2, 0.25) is 5.91 Å². The minimum absolute atomic E-state index is 0.203. The second-order valence-electron chi connectivity index (χ2n) is 3.89. The molecular formula is C14H12ClN5O. The van der Waals surface area contributed by atoms with Gasteiger partial charge in [-0.2, -0.15) is 4.98 Å². The number of amides is 1. The molecule has 0 aliphatic rings. The first-order valence-corrected chi connectivity index (χ1v) is 6.30. The molecule has 1 aromatic carbocycles. The highest BCUT2D eigenvalue weighted by atomic mass is 35.5. The summed E-state index contributed by atoms with van der Waals surface area (Å²) < 4.78 is 0. The molecule has 0 spiro atoms. The van der Waals surface area contributed by atoms with Crippen LogP contribution in [0.3, 0.4) is 0 Å². The van der Waals surface area contributed by atoms with Gasteiger partial charge in [-0.05, 0) is 24.9 Å². The van der Waals surface area contributed by atoms with Crippen molar-refractivity contribution in [2.75, 3.05) is 10.6 Å². The smallest absolute Gasteiger partial charge is 0.250 e. The first-order chi connectivity index (χ1) is 10.1. The van der Waals surface area contributed by atoms with E-state index in [1.165, 1.54) is 12.3 Å². The van der Waals surface area contributed by atoms with E-state index in [-0.39, 0.29) is 11.9 Å². The highest BCUT2D eigenvalue weighted by molar-refractivity contribution is 6.33. The summed E-state index contributed by atoms with van der Waals surface area (Å²) in [6, 6.07) is 7.12. The number of anilines is 3. The van der Waals surface area contributed by atoms with Crippen molar-refractivity contribution in [2.45, 2.75) is 0 Å². The lowest BCUT2D eigenvalue weighted by Gasteiger charge is -2.12. The Kier molecular flexibility index (Phi) is 4.63. The van der Waals surface area contributed by atoms with Gasteiger partial charge >= 0.3 is 0 Å². The summed E-state index contributed by atoms with van der Waals surface area (Å²) in [6.07, 6.45) is 2.61. The molecule has 0 aliphatic carbocycles. The van der Waals surface area contributed by atoms with Crippen molar-refractivity contribution < 1.29 is 4.79 Å². The fourth-order valence-electron chi connectivity index (χ4n) is 1.53. The molecule has 1 aromatic heterocycles. The van der Waals surface area contributed by atoms with Crippen molar-refractivity contribution in [3.63, 3.8) is 0 Å². The molecule has 7 heteroatoms. The van der Waals surface area contributed by atoms with Gasteiger partial charge in [0.05, 0.1) is 17.6 Å². The van der Waals surface area contributed by atoms with Crippen LogP contribution in [0.1, 0.15) is 0 Å². The van der Waals surface area contributed by atoms with E-state index in [0.29, 0.717) is 22.2 Å². The molecule has 21 heavy (non-hydrogen) atoms. The van der Waals surface area contributed by atoms with Gasteiger partial charge in [0.1, 0.15) is 5.02 Å². The zero-order chi connectivity index (χ0) is 15.2. The number of hydrogen-bond donors (Lipinski definition) is 2. The predicted molar refractivity (Wildman–Crippen MR) is 84.8 cm³/mol. The van der Waals surface area contributed by atoms with Crippen molar-refractivity contribution >= 4 is 47.4 Å². The number of halogens is 1. The van der Waals surface area contributed by atoms with E-state index < -0.39 is 0 Å². The molecule has 0 bridgehead atoms. The van der Waals surface area contributed by atoms with Crippen LogP contribution in [0.2, 0.25) is 5.02 Å². The van der Waals surface area contributed by atoms with Crippen LogP contribution >= 0.6 is 11.6 Å². The Labute approximate surface area is 126 Å². The van der Waals surface area contributed by atoms with Crippen LogP contribution in [0.4, 0.5) is 23.1 Å². The number of para-hydroxylation sites is 2. The highest BCUT2D eigenvalue weighted by Crippen LogP contribution is 2.28. The van der Waals surface area contributed by atoms with Gasteiger partial charge in [0, 0.05) is 0 Å². The molecular weight excluding hydrogens is 290 g/mol. The normalized spacial score (nSPS) is 9.76. The Balaban J connectivity index is 2.33. The second-order valence-corrected chi connectivity index (χ2v) is 4.30. The van der Waals surface area contributed by atoms with E-state index in [1.54, 1.807) is 18.2 Å². The summed E-state index contributed by atoms with van der Waals surface area (Å²) >= 11 is 6.04. The predicted octanol–water partition coefficient (Wildman–Crippen LogP) is 3.33. The Morgan fingerprint density at radius 2 is 2.05 bits per heavy atom. The van der Waals surface area contributed by atoms with Crippen LogP contribution in [0.15, 0.2) is 48.1 Å². The number of carbonyl (C=O) groups is 1. The van der Waals surface area contributed by atoms with Crippen molar-refractivity contribution in [2.24, 2.45) is 4.99 Å². The SMILES string of the molecule is C=CC(=O)Nc1ccccc1Nc1nc(N=C)ncc1Cl. The molecule has 0 unspecified atom stereocenters. The van der Waals surface area contributed by atoms with Gasteiger partial charge in [0.15, 0.2) is 5.82 Å². The largest absolute Gasteiger partial charge is 0.337 e. The molecule has 1 amide bonds. The molecule has 0 fully saturated rings. The van der Waals surface area contributed by atoms with Crippen molar-refractivity contribution in [3.8, 4) is 0 Å². The Hall–Kier alpha value is -2.73. The van der Waals surface area contributed by atoms with Gasteiger partial charge in [-0.1, -0.05) is 30.3 Å². The number of aliphatic imine (C=N–C) groups is 1. The highest BCUT2D eigenvalue weighted by Gasteiger charge is 2.09. The summed E-state index contributed by atoms with van der Waals surface area (Å²) in [6.45, 7) is 6.78. The summed E-state index contributed by atoms with van der Waals surface area (Å²) in [5.74, 6) is 0.260. The third-order valence-corrected chi connectivity index (χ3v) is 2.77. The van der Waals surface area contributed by atoms with E-state index in [2.05, 4.69) is 38.9 Å². The van der Waals surface area contributed by atoms with E-state index in [4.69, 9.17) is 11.6 Å². The van der Waals surface area contributed by atoms with E-state index in [0.717, 1.165) is 0 Å². The average molecular weight is 302 g/mol. The van der Waals surface area contributed by atoms with Crippen LogP contribution in [0.5, 0.6) is 0 Å². The number of rotatable bonds is 5. The summed E-state index contributed by atoms with van der Waals surface area (Å²) in [7, 11) is 0. The topological polar surface area (TPSA) is 79.3 Å². The van der Waals surface area contributed by atoms with Crippen LogP contribution in [-0.2, 0) is 4.79 Å². The first-order valence-electron chi connectivity index (χ1n) is 5.92. The third kappa shape index (κ3) is 3.64. The summed E-state index contributed by atoms with van der Waals surface area (Å²) in [4.78, 5) is 23.1. The van der Waals surface area contributed by atoms with Crippen LogP contribution < -0.4 is 10.6 Å². The molecule has 6 nitrogen and oxygen atoms in total. The molecule has 0 aliphatic heterocycles. The molecule has 0 saturated carbocycles. The van der Waals surface area contributed by atoms with Crippen molar-refractivity contribution in [1.29, 1.82) is 0 Å². The molecule has 0 radical (unpaired) electrons. The lowest BCUT2D eigenvalue weighted by Crippen LogP contribution is -2.09. The monoisotopic (exact) mass is 301 g/mol. The zero-order valence-corrected chi connectivity index (χ0v) is 11.8. The minimum atomic E-state index is -0.313. The molecule has 2 rings (SSSR count). The molecule has 1 heterocycles. The lowest BCUT2D eigenvalue weighted by atomic mass is 10.2. The Morgan fingerprint density at radius 3 is 2.71 bits per heavy atom. The fraction of sp³-hybridized carbons (Fsp3) is 0. The average Bonchev–Trinajstić information content (AvgIpc) is 2.51. The van der Waals surface area contributed by atoms with Crippen LogP contribution in [-0.4, -0.2) is 22.6 Å². The van der Waals surface area contributed by atoms with Crippen LogP contribution in [0.25, 0.3) is 0 Å². The molecule has 0 atom stereocenters. The number of benzene rings is 1. The molecule has 106 valence electrons. The molecule has 2 N–H and O–H groups in total. The van der Waals surface area contributed by atoms with Gasteiger partial charge in [-0.25, -0.2) is 9.98 Å². The van der Waals surface area contributed by atoms with E-state index >= 15 is 0 Å². The second kappa shape index (κ2) is 6.62. The Bertz CT molecular complexity index is 702. The standard InChI is InChI=1S/C14H12ClN5O/c1-3-12(21)18-10-6-4-5-7-11(10)19-13-9(15)8-17-14(16-2)20-13/h3-8H,1-2H2,(H,18,21)(H,17,19,20). The van der Waals surface area contributed by atoms with Crippen molar-refractivity contribution in [3.05, 3.63) is 48.1 Å². The number of carbonyl (C=O) groups excluding carboxylic acids is 1. The maximum Gasteiger partial charge on any atom is 0.250 e.